The van der Waals surface area contributed by atoms with E-state index < -0.39 is 23.6 Å². The van der Waals surface area contributed by atoms with E-state index in [-0.39, 0.29) is 11.3 Å². The summed E-state index contributed by atoms with van der Waals surface area (Å²) in [7, 11) is 0. The van der Waals surface area contributed by atoms with Crippen LogP contribution in [0.15, 0.2) is 60.2 Å². The molecule has 0 atom stereocenters. The average Bonchev–Trinajstić information content (AvgIpc) is 2.83. The second-order valence-corrected chi connectivity index (χ2v) is 5.10. The highest BCUT2D eigenvalue weighted by Crippen LogP contribution is 2.32. The van der Waals surface area contributed by atoms with Crippen LogP contribution in [0.3, 0.4) is 0 Å². The third kappa shape index (κ3) is 3.01. The van der Waals surface area contributed by atoms with Crippen LogP contribution < -0.4 is 10.4 Å². The van der Waals surface area contributed by atoms with Crippen molar-refractivity contribution < 1.29 is 22.8 Å². The van der Waals surface area contributed by atoms with Crippen molar-refractivity contribution in [2.24, 2.45) is 0 Å². The molecule has 0 aromatic heterocycles. The molecule has 0 spiro atoms. The second kappa shape index (κ2) is 5.84. The summed E-state index contributed by atoms with van der Waals surface area (Å²) in [4.78, 5) is 24.4. The molecule has 1 N–H and O–H groups in total. The van der Waals surface area contributed by atoms with Gasteiger partial charge in [0.25, 0.3) is 11.8 Å². The van der Waals surface area contributed by atoms with Crippen molar-refractivity contribution in [3.05, 3.63) is 71.3 Å². The lowest BCUT2D eigenvalue weighted by atomic mass is 10.1. The van der Waals surface area contributed by atoms with Gasteiger partial charge in [-0.3, -0.25) is 15.0 Å². The Balaban J connectivity index is 1.94. The maximum absolute atomic E-state index is 12.8. The minimum absolute atomic E-state index is 0.0559. The van der Waals surface area contributed by atoms with Gasteiger partial charge in [-0.05, 0) is 29.8 Å². The minimum atomic E-state index is -4.54. The van der Waals surface area contributed by atoms with Gasteiger partial charge in [-0.1, -0.05) is 36.4 Å². The predicted molar refractivity (Wildman–Crippen MR) is 81.5 cm³/mol. The number of carbonyl (C=O) groups excluding carboxylic acids is 2. The van der Waals surface area contributed by atoms with Crippen molar-refractivity contribution in [1.82, 2.24) is 5.43 Å². The Morgan fingerprint density at radius 3 is 2.33 bits per heavy atom. The molecule has 0 bridgehead atoms. The van der Waals surface area contributed by atoms with Crippen LogP contribution in [0.2, 0.25) is 0 Å². The summed E-state index contributed by atoms with van der Waals surface area (Å²) in [6, 6.07) is 12.9. The van der Waals surface area contributed by atoms with E-state index in [0.717, 1.165) is 17.1 Å². The Bertz CT molecular complexity index is 829. The van der Waals surface area contributed by atoms with Crippen molar-refractivity contribution in [1.29, 1.82) is 0 Å². The summed E-state index contributed by atoms with van der Waals surface area (Å²) in [5, 5.41) is 0.812. The molecule has 2 aromatic rings. The Morgan fingerprint density at radius 2 is 1.67 bits per heavy atom. The lowest BCUT2D eigenvalue weighted by molar-refractivity contribution is -0.137. The molecule has 1 aliphatic heterocycles. The van der Waals surface area contributed by atoms with Gasteiger partial charge in [0.15, 0.2) is 0 Å². The number of halogens is 3. The van der Waals surface area contributed by atoms with Crippen LogP contribution in [-0.2, 0) is 15.8 Å². The molecule has 7 heteroatoms. The van der Waals surface area contributed by atoms with Crippen LogP contribution in [0.4, 0.5) is 18.9 Å². The van der Waals surface area contributed by atoms with Gasteiger partial charge in [0.2, 0.25) is 0 Å². The van der Waals surface area contributed by atoms with Crippen molar-refractivity contribution in [3.8, 4) is 0 Å². The van der Waals surface area contributed by atoms with Gasteiger partial charge in [-0.15, -0.1) is 0 Å². The van der Waals surface area contributed by atoms with Gasteiger partial charge in [-0.25, -0.2) is 5.01 Å². The fourth-order valence-electron chi connectivity index (χ4n) is 2.28. The Labute approximate surface area is 135 Å². The number of nitrogens with one attached hydrogen (secondary N) is 1. The number of hydrogen-bond donors (Lipinski definition) is 1. The molecule has 122 valence electrons. The van der Waals surface area contributed by atoms with Gasteiger partial charge in [0.1, 0.15) is 5.57 Å². The van der Waals surface area contributed by atoms with E-state index in [4.69, 9.17) is 0 Å². The molecule has 3 rings (SSSR count). The maximum Gasteiger partial charge on any atom is 0.416 e. The van der Waals surface area contributed by atoms with Crippen LogP contribution >= 0.6 is 0 Å². The molecule has 1 fully saturated rings. The van der Waals surface area contributed by atoms with Gasteiger partial charge in [0.05, 0.1) is 11.3 Å². The molecular weight excluding hydrogens is 321 g/mol. The zero-order chi connectivity index (χ0) is 17.3. The number of nitrogens with zero attached hydrogens (tertiary/aromatic N) is 1. The van der Waals surface area contributed by atoms with Gasteiger partial charge in [0, 0.05) is 0 Å². The summed E-state index contributed by atoms with van der Waals surface area (Å²) >= 11 is 0. The summed E-state index contributed by atoms with van der Waals surface area (Å²) < 4.78 is 38.4. The van der Waals surface area contributed by atoms with Crippen LogP contribution in [0.1, 0.15) is 11.1 Å². The van der Waals surface area contributed by atoms with E-state index in [1.807, 2.05) is 0 Å². The van der Waals surface area contributed by atoms with E-state index >= 15 is 0 Å². The van der Waals surface area contributed by atoms with Gasteiger partial charge >= 0.3 is 6.18 Å². The highest BCUT2D eigenvalue weighted by molar-refractivity contribution is 6.31. The number of rotatable bonds is 2. The molecule has 1 aliphatic rings. The van der Waals surface area contributed by atoms with E-state index in [9.17, 15) is 22.8 Å². The number of amides is 2. The quantitative estimate of drug-likeness (QED) is 0.678. The molecule has 0 saturated carbocycles. The normalized spacial score (nSPS) is 16.6. The van der Waals surface area contributed by atoms with Crippen LogP contribution in [0, 0.1) is 0 Å². The lowest BCUT2D eigenvalue weighted by Crippen LogP contribution is -2.35. The number of hydrazine groups is 1. The van der Waals surface area contributed by atoms with Crippen molar-refractivity contribution in [2.45, 2.75) is 6.18 Å². The molecule has 4 nitrogen and oxygen atoms in total. The molecule has 0 radical (unpaired) electrons. The summed E-state index contributed by atoms with van der Waals surface area (Å²) in [6.45, 7) is 0. The number of carbonyl (C=O) groups is 2. The number of anilines is 1. The first kappa shape index (κ1) is 15.8. The van der Waals surface area contributed by atoms with E-state index in [1.165, 1.54) is 18.2 Å². The Morgan fingerprint density at radius 1 is 0.958 bits per heavy atom. The van der Waals surface area contributed by atoms with Crippen molar-refractivity contribution in [2.75, 3.05) is 5.01 Å². The first-order chi connectivity index (χ1) is 11.4. The maximum atomic E-state index is 12.8. The molecule has 0 aliphatic carbocycles. The fourth-order valence-corrected chi connectivity index (χ4v) is 2.28. The molecule has 2 amide bonds. The fraction of sp³-hybridized carbons (Fsp3) is 0.0588. The van der Waals surface area contributed by atoms with Crippen LogP contribution in [0.5, 0.6) is 0 Å². The summed E-state index contributed by atoms with van der Waals surface area (Å²) in [6.07, 6.45) is -3.14. The first-order valence-corrected chi connectivity index (χ1v) is 6.96. The average molecular weight is 332 g/mol. The smallest absolute Gasteiger partial charge is 0.267 e. The predicted octanol–water partition coefficient (Wildman–Crippen LogP) is 3.17. The number of benzene rings is 2. The third-order valence-electron chi connectivity index (χ3n) is 3.43. The van der Waals surface area contributed by atoms with Crippen molar-refractivity contribution >= 4 is 23.6 Å². The summed E-state index contributed by atoms with van der Waals surface area (Å²) in [5.41, 5.74) is 1.82. The second-order valence-electron chi connectivity index (χ2n) is 5.10. The Kier molecular flexibility index (Phi) is 3.84. The van der Waals surface area contributed by atoms with Crippen LogP contribution in [-0.4, -0.2) is 11.8 Å². The van der Waals surface area contributed by atoms with E-state index in [0.29, 0.717) is 5.56 Å². The van der Waals surface area contributed by atoms with Gasteiger partial charge in [-0.2, -0.15) is 13.2 Å². The van der Waals surface area contributed by atoms with E-state index in [1.54, 1.807) is 30.3 Å². The zero-order valence-corrected chi connectivity index (χ0v) is 12.2. The number of alkyl halides is 3. The zero-order valence-electron chi connectivity index (χ0n) is 12.2. The number of hydrogen-bond acceptors (Lipinski definition) is 2. The summed E-state index contributed by atoms with van der Waals surface area (Å²) in [5.74, 6) is -1.37. The third-order valence-corrected chi connectivity index (χ3v) is 3.43. The standard InChI is InChI=1S/C17H11F3N2O2/c18-17(19,20)12-7-4-8-13(10-12)22-16(24)14(15(23)21-22)9-11-5-2-1-3-6-11/h1-10H,(H,21,23)/b14-9-. The largest absolute Gasteiger partial charge is 0.416 e. The lowest BCUT2D eigenvalue weighted by Gasteiger charge is -2.16. The molecule has 2 aromatic carbocycles. The molecule has 24 heavy (non-hydrogen) atoms. The first-order valence-electron chi connectivity index (χ1n) is 6.96. The topological polar surface area (TPSA) is 49.4 Å². The van der Waals surface area contributed by atoms with Gasteiger partial charge < -0.3 is 0 Å². The van der Waals surface area contributed by atoms with E-state index in [2.05, 4.69) is 5.43 Å². The molecule has 1 heterocycles. The Hall–Kier alpha value is -3.09. The highest BCUT2D eigenvalue weighted by atomic mass is 19.4. The molecule has 0 unspecified atom stereocenters. The molecular formula is C17H11F3N2O2. The SMILES string of the molecule is O=C1NN(c2cccc(C(F)(F)F)c2)C(=O)/C1=C\c1ccccc1. The monoisotopic (exact) mass is 332 g/mol. The molecule has 1 saturated heterocycles. The minimum Gasteiger partial charge on any atom is -0.267 e. The highest BCUT2D eigenvalue weighted by Gasteiger charge is 2.36. The van der Waals surface area contributed by atoms with Crippen molar-refractivity contribution in [3.63, 3.8) is 0 Å². The van der Waals surface area contributed by atoms with Crippen LogP contribution in [0.25, 0.3) is 6.08 Å².